The highest BCUT2D eigenvalue weighted by Gasteiger charge is 2.11. The zero-order chi connectivity index (χ0) is 19.6. The summed E-state index contributed by atoms with van der Waals surface area (Å²) >= 11 is 1.13. The number of hydrogen-bond acceptors (Lipinski definition) is 7. The van der Waals surface area contributed by atoms with Crippen LogP contribution in [0, 0.1) is 5.82 Å². The second kappa shape index (κ2) is 10.2. The van der Waals surface area contributed by atoms with E-state index in [9.17, 15) is 18.8 Å². The lowest BCUT2D eigenvalue weighted by Crippen LogP contribution is -2.20. The van der Waals surface area contributed by atoms with Gasteiger partial charge >= 0.3 is 11.9 Å². The number of esters is 2. The van der Waals surface area contributed by atoms with E-state index in [0.29, 0.717) is 5.69 Å². The number of thiazole rings is 1. The van der Waals surface area contributed by atoms with Gasteiger partial charge in [0, 0.05) is 17.0 Å². The molecule has 0 bridgehead atoms. The highest BCUT2D eigenvalue weighted by Crippen LogP contribution is 2.16. The fourth-order valence-corrected chi connectivity index (χ4v) is 2.64. The first-order valence-electron chi connectivity index (χ1n) is 7.97. The Bertz CT molecular complexity index is 850. The summed E-state index contributed by atoms with van der Waals surface area (Å²) in [6.45, 7) is 1.47. The predicted molar refractivity (Wildman–Crippen MR) is 97.5 cm³/mol. The van der Waals surface area contributed by atoms with Gasteiger partial charge in [-0.2, -0.15) is 0 Å². The maximum absolute atomic E-state index is 13.4. The Kier molecular flexibility index (Phi) is 7.63. The number of anilines is 1. The van der Waals surface area contributed by atoms with Gasteiger partial charge in [-0.05, 0) is 19.1 Å². The number of carbonyl (C=O) groups excluding carboxylic acids is 3. The number of benzene rings is 1. The first-order valence-corrected chi connectivity index (χ1v) is 8.85. The molecule has 1 aromatic carbocycles. The highest BCUT2D eigenvalue weighted by molar-refractivity contribution is 7.13. The highest BCUT2D eigenvalue weighted by atomic mass is 32.1. The van der Waals surface area contributed by atoms with Crippen LogP contribution < -0.4 is 5.32 Å². The number of amides is 1. The van der Waals surface area contributed by atoms with Crippen LogP contribution in [0.3, 0.4) is 0 Å². The SMILES string of the molecule is CCOC(=O)Cc1csc(NC(=O)COC(=O)/C=C/c2ccccc2F)n1. The van der Waals surface area contributed by atoms with E-state index < -0.39 is 30.3 Å². The van der Waals surface area contributed by atoms with Crippen molar-refractivity contribution in [2.45, 2.75) is 13.3 Å². The van der Waals surface area contributed by atoms with Crippen LogP contribution in [0.15, 0.2) is 35.7 Å². The van der Waals surface area contributed by atoms with Gasteiger partial charge in [0.05, 0.1) is 18.7 Å². The number of nitrogens with zero attached hydrogens (tertiary/aromatic N) is 1. The molecule has 2 aromatic rings. The van der Waals surface area contributed by atoms with Crippen molar-refractivity contribution < 1.29 is 28.2 Å². The zero-order valence-electron chi connectivity index (χ0n) is 14.4. The first-order chi connectivity index (χ1) is 13.0. The summed E-state index contributed by atoms with van der Waals surface area (Å²) in [5.74, 6) is -2.24. The second-order valence-electron chi connectivity index (χ2n) is 5.14. The first kappa shape index (κ1) is 20.2. The molecule has 0 aliphatic heterocycles. The Labute approximate surface area is 158 Å². The molecule has 0 aliphatic rings. The number of nitrogens with one attached hydrogen (secondary N) is 1. The average Bonchev–Trinajstić information content (AvgIpc) is 3.06. The number of halogens is 1. The van der Waals surface area contributed by atoms with Gasteiger partial charge in [0.2, 0.25) is 0 Å². The molecule has 0 saturated heterocycles. The Hall–Kier alpha value is -3.07. The summed E-state index contributed by atoms with van der Waals surface area (Å²) in [6, 6.07) is 5.93. The van der Waals surface area contributed by atoms with E-state index in [4.69, 9.17) is 9.47 Å². The second-order valence-corrected chi connectivity index (χ2v) is 5.99. The molecule has 0 spiro atoms. The lowest BCUT2D eigenvalue weighted by atomic mass is 10.2. The Balaban J connectivity index is 1.77. The molecule has 9 heteroatoms. The number of carbonyl (C=O) groups is 3. The van der Waals surface area contributed by atoms with E-state index in [1.807, 2.05) is 0 Å². The van der Waals surface area contributed by atoms with Gasteiger partial charge in [-0.1, -0.05) is 18.2 Å². The molecule has 2 rings (SSSR count). The minimum absolute atomic E-state index is 0.00996. The molecule has 1 N–H and O–H groups in total. The Morgan fingerprint density at radius 2 is 2.04 bits per heavy atom. The fourth-order valence-electron chi connectivity index (χ4n) is 1.91. The minimum atomic E-state index is -0.782. The predicted octanol–water partition coefficient (Wildman–Crippen LogP) is 2.58. The third-order valence-corrected chi connectivity index (χ3v) is 3.89. The van der Waals surface area contributed by atoms with E-state index in [-0.39, 0.29) is 23.7 Å². The van der Waals surface area contributed by atoms with Crippen molar-refractivity contribution in [1.29, 1.82) is 0 Å². The number of aromatic nitrogens is 1. The third-order valence-electron chi connectivity index (χ3n) is 3.08. The monoisotopic (exact) mass is 392 g/mol. The smallest absolute Gasteiger partial charge is 0.331 e. The van der Waals surface area contributed by atoms with Gasteiger partial charge in [0.25, 0.3) is 5.91 Å². The molecule has 0 atom stereocenters. The summed E-state index contributed by atoms with van der Waals surface area (Å²) in [5, 5.41) is 4.36. The van der Waals surface area contributed by atoms with Crippen LogP contribution in [-0.2, 0) is 30.3 Å². The van der Waals surface area contributed by atoms with Crippen molar-refractivity contribution in [3.05, 3.63) is 52.8 Å². The van der Waals surface area contributed by atoms with Gasteiger partial charge in [-0.25, -0.2) is 14.2 Å². The standard InChI is InChI=1S/C18H17FN2O5S/c1-2-25-17(24)9-13-11-27-18(20-13)21-15(22)10-26-16(23)8-7-12-5-3-4-6-14(12)19/h3-8,11H,2,9-10H2,1H3,(H,20,21,22)/b8-7+. The minimum Gasteiger partial charge on any atom is -0.466 e. The third kappa shape index (κ3) is 6.98. The summed E-state index contributed by atoms with van der Waals surface area (Å²) in [7, 11) is 0. The van der Waals surface area contributed by atoms with Crippen LogP contribution >= 0.6 is 11.3 Å². The molecule has 27 heavy (non-hydrogen) atoms. The van der Waals surface area contributed by atoms with Crippen molar-refractivity contribution >= 4 is 40.4 Å². The Morgan fingerprint density at radius 3 is 2.78 bits per heavy atom. The molecule has 7 nitrogen and oxygen atoms in total. The quantitative estimate of drug-likeness (QED) is 0.548. The molecule has 0 aliphatic carbocycles. The average molecular weight is 392 g/mol. The molecule has 0 unspecified atom stereocenters. The van der Waals surface area contributed by atoms with E-state index in [0.717, 1.165) is 17.4 Å². The lowest BCUT2D eigenvalue weighted by Gasteiger charge is -2.02. The van der Waals surface area contributed by atoms with Crippen LogP contribution in [-0.4, -0.2) is 36.0 Å². The zero-order valence-corrected chi connectivity index (χ0v) is 15.3. The van der Waals surface area contributed by atoms with Crippen LogP contribution in [0.25, 0.3) is 6.08 Å². The molecule has 142 valence electrons. The van der Waals surface area contributed by atoms with Crippen molar-refractivity contribution in [3.8, 4) is 0 Å². The molecule has 0 saturated carbocycles. The van der Waals surface area contributed by atoms with E-state index in [1.165, 1.54) is 24.3 Å². The lowest BCUT2D eigenvalue weighted by molar-refractivity contribution is -0.142. The molecule has 1 amide bonds. The van der Waals surface area contributed by atoms with Gasteiger partial charge in [-0.15, -0.1) is 11.3 Å². The van der Waals surface area contributed by atoms with Gasteiger partial charge in [0.1, 0.15) is 5.82 Å². The maximum atomic E-state index is 13.4. The molecule has 1 heterocycles. The van der Waals surface area contributed by atoms with E-state index >= 15 is 0 Å². The summed E-state index contributed by atoms with van der Waals surface area (Å²) in [5.41, 5.74) is 0.703. The fraction of sp³-hybridized carbons (Fsp3) is 0.222. The summed E-state index contributed by atoms with van der Waals surface area (Å²) in [4.78, 5) is 38.8. The summed E-state index contributed by atoms with van der Waals surface area (Å²) < 4.78 is 23.0. The van der Waals surface area contributed by atoms with Crippen molar-refractivity contribution in [3.63, 3.8) is 0 Å². The van der Waals surface area contributed by atoms with Crippen LogP contribution in [0.1, 0.15) is 18.2 Å². The normalized spacial score (nSPS) is 10.6. The summed E-state index contributed by atoms with van der Waals surface area (Å²) in [6.07, 6.45) is 2.31. The van der Waals surface area contributed by atoms with Gasteiger partial charge < -0.3 is 9.47 Å². The van der Waals surface area contributed by atoms with Crippen molar-refractivity contribution in [2.75, 3.05) is 18.5 Å². The number of ether oxygens (including phenoxy) is 2. The largest absolute Gasteiger partial charge is 0.466 e. The van der Waals surface area contributed by atoms with Crippen LogP contribution in [0.4, 0.5) is 9.52 Å². The van der Waals surface area contributed by atoms with Crippen LogP contribution in [0.2, 0.25) is 0 Å². The molecular weight excluding hydrogens is 375 g/mol. The molecule has 0 radical (unpaired) electrons. The number of hydrogen-bond donors (Lipinski definition) is 1. The molecule has 1 aromatic heterocycles. The maximum Gasteiger partial charge on any atom is 0.331 e. The van der Waals surface area contributed by atoms with Crippen LogP contribution in [0.5, 0.6) is 0 Å². The molecular formula is C18H17FN2O5S. The molecule has 0 fully saturated rings. The van der Waals surface area contributed by atoms with E-state index in [2.05, 4.69) is 10.3 Å². The van der Waals surface area contributed by atoms with Crippen molar-refractivity contribution in [1.82, 2.24) is 4.98 Å². The van der Waals surface area contributed by atoms with Crippen molar-refractivity contribution in [2.24, 2.45) is 0 Å². The van der Waals surface area contributed by atoms with E-state index in [1.54, 1.807) is 18.4 Å². The van der Waals surface area contributed by atoms with Gasteiger partial charge in [0.15, 0.2) is 11.7 Å². The Morgan fingerprint density at radius 1 is 1.26 bits per heavy atom. The van der Waals surface area contributed by atoms with Gasteiger partial charge in [-0.3, -0.25) is 14.9 Å². The topological polar surface area (TPSA) is 94.6 Å². The number of rotatable bonds is 8.